The fourth-order valence-corrected chi connectivity index (χ4v) is 1.57. The van der Waals surface area contributed by atoms with Gasteiger partial charge in [-0.3, -0.25) is 9.78 Å². The highest BCUT2D eigenvalue weighted by Crippen LogP contribution is 2.28. The minimum Gasteiger partial charge on any atom is -0.417 e. The zero-order valence-electron chi connectivity index (χ0n) is 9.67. The van der Waals surface area contributed by atoms with E-state index in [1.54, 1.807) is 12.3 Å². The lowest BCUT2D eigenvalue weighted by molar-refractivity contribution is -0.122. The van der Waals surface area contributed by atoms with Crippen LogP contribution in [0.15, 0.2) is 28.8 Å². The highest BCUT2D eigenvalue weighted by atomic mass is 16.4. The van der Waals surface area contributed by atoms with E-state index >= 15 is 0 Å². The molecule has 1 saturated carbocycles. The van der Waals surface area contributed by atoms with Crippen molar-refractivity contribution in [3.63, 3.8) is 0 Å². The first-order chi connectivity index (χ1) is 8.83. The molecular weight excluding hydrogens is 232 g/mol. The quantitative estimate of drug-likeness (QED) is 0.872. The molecule has 1 aliphatic carbocycles. The average molecular weight is 244 g/mol. The van der Waals surface area contributed by atoms with Gasteiger partial charge in [0.15, 0.2) is 0 Å². The summed E-state index contributed by atoms with van der Waals surface area (Å²) < 4.78 is 5.42. The lowest BCUT2D eigenvalue weighted by Gasteiger charge is -1.98. The van der Waals surface area contributed by atoms with Crippen molar-refractivity contribution in [2.45, 2.75) is 19.4 Å². The Bertz CT molecular complexity index is 548. The molecule has 2 heterocycles. The topological polar surface area (TPSA) is 80.9 Å². The van der Waals surface area contributed by atoms with Crippen LogP contribution < -0.4 is 5.32 Å². The van der Waals surface area contributed by atoms with Crippen LogP contribution in [-0.2, 0) is 11.3 Å². The molecule has 3 rings (SSSR count). The van der Waals surface area contributed by atoms with Crippen molar-refractivity contribution < 1.29 is 9.21 Å². The monoisotopic (exact) mass is 244 g/mol. The SMILES string of the molecule is O=C(NCc1nnc(-c2ccccn2)o1)C1CC1. The number of nitrogens with zero attached hydrogens (tertiary/aromatic N) is 3. The highest BCUT2D eigenvalue weighted by molar-refractivity contribution is 5.80. The molecule has 6 heteroatoms. The van der Waals surface area contributed by atoms with E-state index in [1.807, 2.05) is 12.1 Å². The van der Waals surface area contributed by atoms with Gasteiger partial charge in [-0.25, -0.2) is 0 Å². The lowest BCUT2D eigenvalue weighted by atomic mass is 10.3. The summed E-state index contributed by atoms with van der Waals surface area (Å²) in [4.78, 5) is 15.6. The number of rotatable bonds is 4. The normalized spacial score (nSPS) is 14.4. The number of hydrogen-bond acceptors (Lipinski definition) is 5. The fourth-order valence-electron chi connectivity index (χ4n) is 1.57. The molecular formula is C12H12N4O2. The molecule has 0 bridgehead atoms. The van der Waals surface area contributed by atoms with Crippen molar-refractivity contribution >= 4 is 5.91 Å². The van der Waals surface area contributed by atoms with Gasteiger partial charge in [-0.2, -0.15) is 0 Å². The second-order valence-electron chi connectivity index (χ2n) is 4.21. The van der Waals surface area contributed by atoms with Crippen LogP contribution in [0.3, 0.4) is 0 Å². The molecule has 1 fully saturated rings. The molecule has 2 aromatic rings. The number of carbonyl (C=O) groups excluding carboxylic acids is 1. The molecule has 1 aliphatic rings. The van der Waals surface area contributed by atoms with E-state index in [2.05, 4.69) is 20.5 Å². The third-order valence-electron chi connectivity index (χ3n) is 2.71. The van der Waals surface area contributed by atoms with Crippen molar-refractivity contribution in [3.05, 3.63) is 30.3 Å². The van der Waals surface area contributed by atoms with E-state index in [0.29, 0.717) is 17.5 Å². The fraction of sp³-hybridized carbons (Fsp3) is 0.333. The molecule has 0 saturated heterocycles. The Morgan fingerprint density at radius 3 is 3.00 bits per heavy atom. The minimum atomic E-state index is 0.0626. The smallest absolute Gasteiger partial charge is 0.266 e. The number of pyridine rings is 1. The van der Waals surface area contributed by atoms with Crippen LogP contribution in [0.5, 0.6) is 0 Å². The van der Waals surface area contributed by atoms with Crippen LogP contribution >= 0.6 is 0 Å². The van der Waals surface area contributed by atoms with Gasteiger partial charge in [0.05, 0.1) is 6.54 Å². The molecule has 0 aromatic carbocycles. The van der Waals surface area contributed by atoms with Crippen LogP contribution in [0.1, 0.15) is 18.7 Å². The van der Waals surface area contributed by atoms with Crippen molar-refractivity contribution in [1.29, 1.82) is 0 Å². The second kappa shape index (κ2) is 4.56. The molecule has 2 aromatic heterocycles. The first-order valence-corrected chi connectivity index (χ1v) is 5.84. The molecule has 6 nitrogen and oxygen atoms in total. The maximum atomic E-state index is 11.4. The zero-order valence-corrected chi connectivity index (χ0v) is 9.67. The Morgan fingerprint density at radius 2 is 2.28 bits per heavy atom. The average Bonchev–Trinajstić information content (AvgIpc) is 3.16. The van der Waals surface area contributed by atoms with Gasteiger partial charge >= 0.3 is 0 Å². The molecule has 0 aliphatic heterocycles. The number of amides is 1. The zero-order chi connectivity index (χ0) is 12.4. The molecule has 92 valence electrons. The van der Waals surface area contributed by atoms with Gasteiger partial charge < -0.3 is 9.73 Å². The van der Waals surface area contributed by atoms with E-state index in [9.17, 15) is 4.79 Å². The molecule has 1 N–H and O–H groups in total. The number of nitrogens with one attached hydrogen (secondary N) is 1. The predicted octanol–water partition coefficient (Wildman–Crippen LogP) is 1.16. The van der Waals surface area contributed by atoms with Crippen molar-refractivity contribution in [2.24, 2.45) is 5.92 Å². The molecule has 18 heavy (non-hydrogen) atoms. The van der Waals surface area contributed by atoms with E-state index in [1.165, 1.54) is 0 Å². The van der Waals surface area contributed by atoms with Crippen molar-refractivity contribution in [2.75, 3.05) is 0 Å². The van der Waals surface area contributed by atoms with Crippen LogP contribution in [-0.4, -0.2) is 21.1 Å². The van der Waals surface area contributed by atoms with E-state index in [0.717, 1.165) is 12.8 Å². The Labute approximate surface area is 103 Å². The third kappa shape index (κ3) is 2.37. The Kier molecular flexibility index (Phi) is 2.76. The standard InChI is InChI=1S/C12H12N4O2/c17-11(8-4-5-8)14-7-10-15-16-12(18-10)9-3-1-2-6-13-9/h1-3,6,8H,4-5,7H2,(H,14,17). The summed E-state index contributed by atoms with van der Waals surface area (Å²) in [5.41, 5.74) is 0.629. The maximum Gasteiger partial charge on any atom is 0.266 e. The molecule has 0 radical (unpaired) electrons. The summed E-state index contributed by atoms with van der Waals surface area (Å²) in [6, 6.07) is 5.46. The molecule has 0 spiro atoms. The second-order valence-corrected chi connectivity index (χ2v) is 4.21. The Morgan fingerprint density at radius 1 is 1.39 bits per heavy atom. The molecule has 0 atom stereocenters. The summed E-state index contributed by atoms with van der Waals surface area (Å²) >= 11 is 0. The van der Waals surface area contributed by atoms with Crippen LogP contribution in [0.4, 0.5) is 0 Å². The van der Waals surface area contributed by atoms with Gasteiger partial charge in [-0.1, -0.05) is 6.07 Å². The van der Waals surface area contributed by atoms with E-state index in [-0.39, 0.29) is 18.4 Å². The summed E-state index contributed by atoms with van der Waals surface area (Å²) in [6.07, 6.45) is 3.62. The molecule has 1 amide bonds. The minimum absolute atomic E-state index is 0.0626. The first kappa shape index (κ1) is 10.9. The van der Waals surface area contributed by atoms with Crippen LogP contribution in [0.2, 0.25) is 0 Å². The molecule has 0 unspecified atom stereocenters. The lowest BCUT2D eigenvalue weighted by Crippen LogP contribution is -2.24. The summed E-state index contributed by atoms with van der Waals surface area (Å²) in [7, 11) is 0. The van der Waals surface area contributed by atoms with E-state index < -0.39 is 0 Å². The van der Waals surface area contributed by atoms with E-state index in [4.69, 9.17) is 4.42 Å². The Hall–Kier alpha value is -2.24. The third-order valence-corrected chi connectivity index (χ3v) is 2.71. The largest absolute Gasteiger partial charge is 0.417 e. The maximum absolute atomic E-state index is 11.4. The van der Waals surface area contributed by atoms with Crippen molar-refractivity contribution in [1.82, 2.24) is 20.5 Å². The van der Waals surface area contributed by atoms with Crippen LogP contribution in [0.25, 0.3) is 11.6 Å². The highest BCUT2D eigenvalue weighted by Gasteiger charge is 2.29. The predicted molar refractivity (Wildman–Crippen MR) is 62.1 cm³/mol. The van der Waals surface area contributed by atoms with Gasteiger partial charge in [-0.05, 0) is 25.0 Å². The Balaban J connectivity index is 1.64. The van der Waals surface area contributed by atoms with Gasteiger partial charge in [0.2, 0.25) is 11.8 Å². The van der Waals surface area contributed by atoms with Crippen LogP contribution in [0, 0.1) is 5.92 Å². The van der Waals surface area contributed by atoms with Gasteiger partial charge in [-0.15, -0.1) is 10.2 Å². The summed E-state index contributed by atoms with van der Waals surface area (Å²) in [5.74, 6) is 1.01. The number of aromatic nitrogens is 3. The first-order valence-electron chi connectivity index (χ1n) is 5.84. The van der Waals surface area contributed by atoms with Gasteiger partial charge in [0.25, 0.3) is 5.89 Å². The summed E-state index contributed by atoms with van der Waals surface area (Å²) in [6.45, 7) is 0.273. The van der Waals surface area contributed by atoms with Gasteiger partial charge in [0, 0.05) is 12.1 Å². The van der Waals surface area contributed by atoms with Gasteiger partial charge in [0.1, 0.15) is 5.69 Å². The van der Waals surface area contributed by atoms with Crippen molar-refractivity contribution in [3.8, 4) is 11.6 Å². The summed E-state index contributed by atoms with van der Waals surface area (Å²) in [5, 5.41) is 10.5. The number of hydrogen-bond donors (Lipinski definition) is 1. The number of carbonyl (C=O) groups is 1.